The van der Waals surface area contributed by atoms with Crippen molar-refractivity contribution in [2.24, 2.45) is 5.92 Å². The van der Waals surface area contributed by atoms with Crippen molar-refractivity contribution >= 4 is 0 Å². The summed E-state index contributed by atoms with van der Waals surface area (Å²) in [7, 11) is 2.18. The van der Waals surface area contributed by atoms with E-state index in [9.17, 15) is 0 Å². The fourth-order valence-electron chi connectivity index (χ4n) is 2.59. The van der Waals surface area contributed by atoms with E-state index in [0.29, 0.717) is 6.04 Å². The normalized spacial score (nSPS) is 30.6. The van der Waals surface area contributed by atoms with Gasteiger partial charge < -0.3 is 4.74 Å². The second-order valence-electron chi connectivity index (χ2n) is 5.58. The van der Waals surface area contributed by atoms with Crippen LogP contribution >= 0.6 is 0 Å². The van der Waals surface area contributed by atoms with E-state index in [4.69, 9.17) is 4.74 Å². The predicted octanol–water partition coefficient (Wildman–Crippen LogP) is 3.84. The molecule has 18 heavy (non-hydrogen) atoms. The minimum Gasteiger partial charge on any atom is -0.354 e. The molecule has 2 nitrogen and oxygen atoms in total. The topological polar surface area (TPSA) is 12.5 Å². The molecule has 0 saturated carbocycles. The summed E-state index contributed by atoms with van der Waals surface area (Å²) in [5, 5.41) is 0. The van der Waals surface area contributed by atoms with Gasteiger partial charge in [-0.2, -0.15) is 0 Å². The van der Waals surface area contributed by atoms with Gasteiger partial charge in [0.2, 0.25) is 0 Å². The van der Waals surface area contributed by atoms with Gasteiger partial charge in [-0.15, -0.1) is 0 Å². The fourth-order valence-corrected chi connectivity index (χ4v) is 2.59. The lowest BCUT2D eigenvalue weighted by Crippen LogP contribution is -2.32. The van der Waals surface area contributed by atoms with Gasteiger partial charge in [0.15, 0.2) is 0 Å². The predicted molar refractivity (Wildman–Crippen MR) is 75.4 cm³/mol. The van der Waals surface area contributed by atoms with Crippen LogP contribution in [0.3, 0.4) is 0 Å². The van der Waals surface area contributed by atoms with Gasteiger partial charge in [-0.1, -0.05) is 50.6 Å². The van der Waals surface area contributed by atoms with Gasteiger partial charge in [0.05, 0.1) is 6.10 Å². The molecule has 1 heterocycles. The van der Waals surface area contributed by atoms with E-state index in [1.807, 2.05) is 0 Å². The average molecular weight is 247 g/mol. The standard InChI is InChI=1S/C16H25NO/c1-5-12(2)11-15-17(4)13(3)16(18-15)14-9-7-6-8-10-14/h6-10,12-13,15-16H,5,11H2,1-4H3/t12-,13+,15+,16+/m1/s1. The number of rotatable bonds is 4. The second kappa shape index (κ2) is 5.85. The summed E-state index contributed by atoms with van der Waals surface area (Å²) >= 11 is 0. The van der Waals surface area contributed by atoms with Crippen LogP contribution < -0.4 is 0 Å². The Morgan fingerprint density at radius 2 is 1.94 bits per heavy atom. The maximum absolute atomic E-state index is 6.27. The summed E-state index contributed by atoms with van der Waals surface area (Å²) < 4.78 is 6.27. The molecule has 1 aromatic rings. The first-order chi connectivity index (χ1) is 8.63. The molecule has 4 atom stereocenters. The number of hydrogen-bond donors (Lipinski definition) is 0. The van der Waals surface area contributed by atoms with E-state index in [1.54, 1.807) is 0 Å². The second-order valence-corrected chi connectivity index (χ2v) is 5.58. The summed E-state index contributed by atoms with van der Waals surface area (Å²) in [6.45, 7) is 6.81. The molecular formula is C16H25NO. The van der Waals surface area contributed by atoms with Gasteiger partial charge in [-0.25, -0.2) is 0 Å². The van der Waals surface area contributed by atoms with E-state index in [2.05, 4.69) is 63.1 Å². The average Bonchev–Trinajstić information content (AvgIpc) is 2.68. The number of ether oxygens (including phenoxy) is 1. The molecule has 0 spiro atoms. The maximum Gasteiger partial charge on any atom is 0.111 e. The first kappa shape index (κ1) is 13.6. The zero-order chi connectivity index (χ0) is 13.1. The minimum atomic E-state index is 0.213. The Labute approximate surface area is 111 Å². The maximum atomic E-state index is 6.27. The van der Waals surface area contributed by atoms with Crippen LogP contribution in [0.25, 0.3) is 0 Å². The zero-order valence-electron chi connectivity index (χ0n) is 12.0. The molecule has 0 unspecified atom stereocenters. The van der Waals surface area contributed by atoms with Gasteiger partial charge in [-0.3, -0.25) is 4.90 Å². The van der Waals surface area contributed by atoms with Gasteiger partial charge in [0.1, 0.15) is 6.23 Å². The van der Waals surface area contributed by atoms with E-state index in [1.165, 1.54) is 12.0 Å². The first-order valence-electron chi connectivity index (χ1n) is 7.05. The fraction of sp³-hybridized carbons (Fsp3) is 0.625. The van der Waals surface area contributed by atoms with Crippen molar-refractivity contribution in [2.45, 2.75) is 52.0 Å². The molecule has 1 aliphatic rings. The third-order valence-corrected chi connectivity index (χ3v) is 4.27. The monoisotopic (exact) mass is 247 g/mol. The van der Waals surface area contributed by atoms with Crippen molar-refractivity contribution in [1.29, 1.82) is 0 Å². The SMILES string of the molecule is CC[C@@H](C)C[C@@H]1O[C@H](c2ccccc2)[C@H](C)N1C. The van der Waals surface area contributed by atoms with Crippen molar-refractivity contribution in [3.8, 4) is 0 Å². The highest BCUT2D eigenvalue weighted by Gasteiger charge is 2.37. The van der Waals surface area contributed by atoms with Crippen molar-refractivity contribution in [2.75, 3.05) is 7.05 Å². The highest BCUT2D eigenvalue weighted by atomic mass is 16.5. The smallest absolute Gasteiger partial charge is 0.111 e. The van der Waals surface area contributed by atoms with Crippen molar-refractivity contribution in [3.05, 3.63) is 35.9 Å². The van der Waals surface area contributed by atoms with Crippen molar-refractivity contribution in [1.82, 2.24) is 4.90 Å². The summed E-state index contributed by atoms with van der Waals surface area (Å²) in [5.74, 6) is 0.721. The Morgan fingerprint density at radius 1 is 1.28 bits per heavy atom. The molecule has 0 bridgehead atoms. The van der Waals surface area contributed by atoms with Crippen molar-refractivity contribution in [3.63, 3.8) is 0 Å². The third-order valence-electron chi connectivity index (χ3n) is 4.27. The largest absolute Gasteiger partial charge is 0.354 e. The Hall–Kier alpha value is -0.860. The molecular weight excluding hydrogens is 222 g/mol. The molecule has 1 saturated heterocycles. The number of likely N-dealkylation sites (N-methyl/N-ethyl adjacent to an activating group) is 1. The molecule has 0 N–H and O–H groups in total. The number of benzene rings is 1. The summed E-state index contributed by atoms with van der Waals surface area (Å²) in [6.07, 6.45) is 2.82. The highest BCUT2D eigenvalue weighted by Crippen LogP contribution is 2.36. The van der Waals surface area contributed by atoms with Crippen LogP contribution in [0.1, 0.15) is 45.3 Å². The van der Waals surface area contributed by atoms with Crippen LogP contribution in [0.4, 0.5) is 0 Å². The Bertz CT molecular complexity index is 365. The van der Waals surface area contributed by atoms with E-state index >= 15 is 0 Å². The van der Waals surface area contributed by atoms with E-state index < -0.39 is 0 Å². The van der Waals surface area contributed by atoms with E-state index in [0.717, 1.165) is 12.3 Å². The van der Waals surface area contributed by atoms with Crippen LogP contribution in [0.2, 0.25) is 0 Å². The number of nitrogens with zero attached hydrogens (tertiary/aromatic N) is 1. The Kier molecular flexibility index (Phi) is 4.41. The molecule has 0 amide bonds. The molecule has 100 valence electrons. The third kappa shape index (κ3) is 2.76. The molecule has 1 fully saturated rings. The van der Waals surface area contributed by atoms with Crippen LogP contribution in [0, 0.1) is 5.92 Å². The zero-order valence-corrected chi connectivity index (χ0v) is 12.0. The van der Waals surface area contributed by atoms with E-state index in [-0.39, 0.29) is 12.3 Å². The van der Waals surface area contributed by atoms with Crippen LogP contribution in [-0.4, -0.2) is 24.2 Å². The summed E-state index contributed by atoms with van der Waals surface area (Å²) in [4.78, 5) is 2.38. The molecule has 0 aliphatic carbocycles. The van der Waals surface area contributed by atoms with Crippen LogP contribution in [-0.2, 0) is 4.74 Å². The molecule has 1 aliphatic heterocycles. The molecule has 0 radical (unpaired) electrons. The van der Waals surface area contributed by atoms with Crippen molar-refractivity contribution < 1.29 is 4.74 Å². The van der Waals surface area contributed by atoms with Gasteiger partial charge in [0.25, 0.3) is 0 Å². The lowest BCUT2D eigenvalue weighted by molar-refractivity contribution is -0.00752. The van der Waals surface area contributed by atoms with Gasteiger partial charge >= 0.3 is 0 Å². The molecule has 2 rings (SSSR count). The molecule has 1 aromatic carbocycles. The Balaban J connectivity index is 2.07. The van der Waals surface area contributed by atoms with Gasteiger partial charge in [-0.05, 0) is 31.9 Å². The highest BCUT2D eigenvalue weighted by molar-refractivity contribution is 5.20. The molecule has 0 aromatic heterocycles. The summed E-state index contributed by atoms with van der Waals surface area (Å²) in [5.41, 5.74) is 1.29. The lowest BCUT2D eigenvalue weighted by atomic mass is 10.0. The first-order valence-corrected chi connectivity index (χ1v) is 7.05. The number of hydrogen-bond acceptors (Lipinski definition) is 2. The lowest BCUT2D eigenvalue weighted by Gasteiger charge is -2.23. The summed E-state index contributed by atoms with van der Waals surface area (Å²) in [6, 6.07) is 11.0. The Morgan fingerprint density at radius 3 is 2.56 bits per heavy atom. The van der Waals surface area contributed by atoms with Gasteiger partial charge in [0, 0.05) is 6.04 Å². The minimum absolute atomic E-state index is 0.213. The van der Waals surface area contributed by atoms with Crippen LogP contribution in [0.5, 0.6) is 0 Å². The molecule has 2 heteroatoms. The quantitative estimate of drug-likeness (QED) is 0.801. The van der Waals surface area contributed by atoms with Crippen LogP contribution in [0.15, 0.2) is 30.3 Å².